The van der Waals surface area contributed by atoms with E-state index in [-0.39, 0.29) is 11.7 Å². The number of hydrogen-bond acceptors (Lipinski definition) is 6. The second kappa shape index (κ2) is 9.23. The summed E-state index contributed by atoms with van der Waals surface area (Å²) < 4.78 is 10.2. The van der Waals surface area contributed by atoms with E-state index in [0.717, 1.165) is 5.56 Å². The zero-order chi connectivity index (χ0) is 22.7. The number of aromatic amines is 1. The number of carbonyl (C=O) groups excluding carboxylic acids is 2. The molecule has 0 bridgehead atoms. The Morgan fingerprint density at radius 1 is 1.19 bits per heavy atom. The molecule has 0 fully saturated rings. The smallest absolute Gasteiger partial charge is 0.337 e. The van der Waals surface area contributed by atoms with Crippen LogP contribution in [0.15, 0.2) is 48.5 Å². The van der Waals surface area contributed by atoms with Gasteiger partial charge in [0.05, 0.1) is 18.7 Å². The molecule has 166 valence electrons. The molecule has 2 heterocycles. The monoisotopic (exact) mass is 435 g/mol. The minimum absolute atomic E-state index is 0.0869. The number of esters is 1. The predicted molar refractivity (Wildman–Crippen MR) is 117 cm³/mol. The average molecular weight is 435 g/mol. The number of rotatable bonds is 8. The van der Waals surface area contributed by atoms with Crippen LogP contribution in [0.2, 0.25) is 0 Å². The fourth-order valence-electron chi connectivity index (χ4n) is 4.05. The van der Waals surface area contributed by atoms with E-state index in [9.17, 15) is 14.7 Å². The van der Waals surface area contributed by atoms with Crippen LogP contribution >= 0.6 is 0 Å². The molecule has 32 heavy (non-hydrogen) atoms. The van der Waals surface area contributed by atoms with Gasteiger partial charge in [-0.25, -0.2) is 4.79 Å². The number of ether oxygens (including phenoxy) is 2. The zero-order valence-corrected chi connectivity index (χ0v) is 18.0. The van der Waals surface area contributed by atoms with Gasteiger partial charge in [0, 0.05) is 30.9 Å². The van der Waals surface area contributed by atoms with E-state index in [4.69, 9.17) is 9.47 Å². The van der Waals surface area contributed by atoms with E-state index in [0.29, 0.717) is 54.3 Å². The molecule has 0 saturated carbocycles. The number of hydrogen-bond donors (Lipinski definition) is 2. The molecule has 2 N–H and O–H groups in total. The van der Waals surface area contributed by atoms with Crippen LogP contribution in [0.5, 0.6) is 5.75 Å². The first-order chi connectivity index (χ1) is 15.6. The molecule has 0 saturated heterocycles. The van der Waals surface area contributed by atoms with Crippen molar-refractivity contribution in [1.29, 1.82) is 0 Å². The molecule has 1 amide bonds. The number of nitrogens with zero attached hydrogens (tertiary/aromatic N) is 2. The summed E-state index contributed by atoms with van der Waals surface area (Å²) in [6.45, 7) is 3.59. The zero-order valence-electron chi connectivity index (χ0n) is 18.0. The molecule has 1 atom stereocenters. The minimum Gasteiger partial charge on any atom is -0.507 e. The van der Waals surface area contributed by atoms with Crippen molar-refractivity contribution in [1.82, 2.24) is 15.1 Å². The third kappa shape index (κ3) is 3.85. The lowest BCUT2D eigenvalue weighted by molar-refractivity contribution is 0.0599. The van der Waals surface area contributed by atoms with E-state index in [1.54, 1.807) is 35.2 Å². The minimum atomic E-state index is -0.425. The first kappa shape index (κ1) is 21.6. The Bertz CT molecular complexity index is 1120. The van der Waals surface area contributed by atoms with Crippen molar-refractivity contribution in [2.75, 3.05) is 26.9 Å². The summed E-state index contributed by atoms with van der Waals surface area (Å²) in [5.74, 6) is -0.497. The highest BCUT2D eigenvalue weighted by molar-refractivity contribution is 6.00. The van der Waals surface area contributed by atoms with Gasteiger partial charge < -0.3 is 19.5 Å². The number of amides is 1. The number of nitrogens with one attached hydrogen (secondary N) is 1. The number of methoxy groups -OCH3 is 1. The van der Waals surface area contributed by atoms with Crippen molar-refractivity contribution in [2.45, 2.75) is 19.4 Å². The van der Waals surface area contributed by atoms with Crippen molar-refractivity contribution in [3.63, 3.8) is 0 Å². The van der Waals surface area contributed by atoms with Gasteiger partial charge in [0.15, 0.2) is 0 Å². The number of phenolic OH excluding ortho intramolecular Hbond substituents is 1. The quantitative estimate of drug-likeness (QED) is 0.414. The molecular formula is C24H25N3O5. The number of aromatic nitrogens is 2. The Morgan fingerprint density at radius 2 is 1.94 bits per heavy atom. The van der Waals surface area contributed by atoms with Crippen LogP contribution in [0.1, 0.15) is 51.4 Å². The van der Waals surface area contributed by atoms with Crippen LogP contribution in [0.3, 0.4) is 0 Å². The molecule has 1 aliphatic heterocycles. The van der Waals surface area contributed by atoms with E-state index in [1.165, 1.54) is 7.11 Å². The lowest BCUT2D eigenvalue weighted by Gasteiger charge is -2.26. The molecule has 3 aromatic rings. The fraction of sp³-hybridized carbons (Fsp3) is 0.292. The summed E-state index contributed by atoms with van der Waals surface area (Å²) in [5.41, 5.74) is 3.45. The van der Waals surface area contributed by atoms with E-state index >= 15 is 0 Å². The van der Waals surface area contributed by atoms with E-state index in [1.807, 2.05) is 25.1 Å². The molecule has 0 radical (unpaired) electrons. The topological polar surface area (TPSA) is 105 Å². The number of H-pyrrole nitrogens is 1. The number of fused-ring (bicyclic) bond motifs is 1. The maximum absolute atomic E-state index is 13.3. The number of carbonyl (C=O) groups is 2. The molecule has 8 heteroatoms. The Balaban J connectivity index is 1.77. The standard InChI is InChI=1S/C24H25N3O5/c1-3-32-14-6-13-27-22(15-9-11-16(12-10-15)24(30)31-2)19-20(25-26-21(19)23(27)29)17-7-4-5-8-18(17)28/h4-5,7-12,22,28H,3,6,13-14H2,1-2H3,(H,25,26)/t22-/m0/s1. The summed E-state index contributed by atoms with van der Waals surface area (Å²) in [5, 5.41) is 17.6. The maximum Gasteiger partial charge on any atom is 0.337 e. The Labute approximate surface area is 185 Å². The van der Waals surface area contributed by atoms with Crippen LogP contribution in [0.25, 0.3) is 11.3 Å². The van der Waals surface area contributed by atoms with Crippen molar-refractivity contribution in [3.8, 4) is 17.0 Å². The third-order valence-corrected chi connectivity index (χ3v) is 5.56. The molecule has 0 spiro atoms. The molecular weight excluding hydrogens is 410 g/mol. The predicted octanol–water partition coefficient (Wildman–Crippen LogP) is 3.54. The lowest BCUT2D eigenvalue weighted by Crippen LogP contribution is -2.31. The van der Waals surface area contributed by atoms with Gasteiger partial charge >= 0.3 is 5.97 Å². The molecule has 8 nitrogen and oxygen atoms in total. The average Bonchev–Trinajstić information content (AvgIpc) is 3.35. The molecule has 0 unspecified atom stereocenters. The Hall–Kier alpha value is -3.65. The van der Waals surface area contributed by atoms with Crippen LogP contribution in [0.4, 0.5) is 0 Å². The maximum atomic E-state index is 13.3. The third-order valence-electron chi connectivity index (χ3n) is 5.56. The van der Waals surface area contributed by atoms with Gasteiger partial charge in [0.25, 0.3) is 5.91 Å². The summed E-state index contributed by atoms with van der Waals surface area (Å²) in [6.07, 6.45) is 0.681. The normalized spacial score (nSPS) is 15.1. The van der Waals surface area contributed by atoms with Gasteiger partial charge in [-0.15, -0.1) is 0 Å². The fourth-order valence-corrected chi connectivity index (χ4v) is 4.05. The van der Waals surface area contributed by atoms with Gasteiger partial charge in [-0.3, -0.25) is 9.89 Å². The molecule has 2 aromatic carbocycles. The van der Waals surface area contributed by atoms with Crippen molar-refractivity contribution >= 4 is 11.9 Å². The second-order valence-corrected chi connectivity index (χ2v) is 7.44. The van der Waals surface area contributed by atoms with Crippen LogP contribution in [-0.2, 0) is 9.47 Å². The number of aromatic hydroxyl groups is 1. The number of benzene rings is 2. The van der Waals surface area contributed by atoms with Gasteiger partial charge in [-0.2, -0.15) is 5.10 Å². The Morgan fingerprint density at radius 3 is 2.62 bits per heavy atom. The van der Waals surface area contributed by atoms with Gasteiger partial charge in [0.1, 0.15) is 17.1 Å². The van der Waals surface area contributed by atoms with Gasteiger partial charge in [-0.1, -0.05) is 24.3 Å². The van der Waals surface area contributed by atoms with Crippen molar-refractivity contribution in [2.24, 2.45) is 0 Å². The van der Waals surface area contributed by atoms with Crippen molar-refractivity contribution in [3.05, 3.63) is 70.9 Å². The van der Waals surface area contributed by atoms with Gasteiger partial charge in [0.2, 0.25) is 0 Å². The summed E-state index contributed by atoms with van der Waals surface area (Å²) in [4.78, 5) is 26.9. The second-order valence-electron chi connectivity index (χ2n) is 7.44. The highest BCUT2D eigenvalue weighted by Gasteiger charge is 2.42. The van der Waals surface area contributed by atoms with Crippen LogP contribution in [-0.4, -0.2) is 58.9 Å². The van der Waals surface area contributed by atoms with Crippen molar-refractivity contribution < 1.29 is 24.2 Å². The summed E-state index contributed by atoms with van der Waals surface area (Å²) in [7, 11) is 1.34. The van der Waals surface area contributed by atoms with E-state index < -0.39 is 12.0 Å². The first-order valence-electron chi connectivity index (χ1n) is 10.5. The summed E-state index contributed by atoms with van der Waals surface area (Å²) in [6, 6.07) is 13.5. The van der Waals surface area contributed by atoms with Crippen LogP contribution < -0.4 is 0 Å². The first-order valence-corrected chi connectivity index (χ1v) is 10.5. The SMILES string of the molecule is CCOCCCN1C(=O)c2[nH]nc(-c3ccccc3O)c2[C@@H]1c1ccc(C(=O)OC)cc1. The van der Waals surface area contributed by atoms with Gasteiger partial charge in [-0.05, 0) is 43.2 Å². The lowest BCUT2D eigenvalue weighted by atomic mass is 9.95. The summed E-state index contributed by atoms with van der Waals surface area (Å²) >= 11 is 0. The Kier molecular flexibility index (Phi) is 6.23. The molecule has 1 aromatic heterocycles. The molecule has 4 rings (SSSR count). The largest absolute Gasteiger partial charge is 0.507 e. The van der Waals surface area contributed by atoms with Crippen LogP contribution in [0, 0.1) is 0 Å². The number of para-hydroxylation sites is 1. The molecule has 1 aliphatic rings. The highest BCUT2D eigenvalue weighted by Crippen LogP contribution is 2.44. The highest BCUT2D eigenvalue weighted by atomic mass is 16.5. The number of phenols is 1. The molecule has 0 aliphatic carbocycles. The van der Waals surface area contributed by atoms with E-state index in [2.05, 4.69) is 10.2 Å².